The Balaban J connectivity index is 2.57. The zero-order valence-corrected chi connectivity index (χ0v) is 17.0. The van der Waals surface area contributed by atoms with Crippen molar-refractivity contribution in [3.63, 3.8) is 0 Å². The van der Waals surface area contributed by atoms with Crippen LogP contribution in [0.1, 0.15) is 47.8 Å². The van der Waals surface area contributed by atoms with Gasteiger partial charge in [0, 0.05) is 27.7 Å². The van der Waals surface area contributed by atoms with E-state index in [9.17, 15) is 20.0 Å². The number of methoxy groups -OCH3 is 1. The highest BCUT2D eigenvalue weighted by Crippen LogP contribution is 2.37. The van der Waals surface area contributed by atoms with Crippen molar-refractivity contribution in [2.45, 2.75) is 26.2 Å². The summed E-state index contributed by atoms with van der Waals surface area (Å²) in [6.45, 7) is 6.22. The number of nitro groups is 1. The molecule has 0 bridgehead atoms. The van der Waals surface area contributed by atoms with E-state index < -0.39 is 10.9 Å². The Morgan fingerprint density at radius 3 is 2.33 bits per heavy atom. The van der Waals surface area contributed by atoms with Gasteiger partial charge in [0.15, 0.2) is 0 Å². The van der Waals surface area contributed by atoms with Crippen LogP contribution in [0.15, 0.2) is 34.8 Å². The van der Waals surface area contributed by atoms with Crippen molar-refractivity contribution in [3.05, 3.63) is 67.2 Å². The van der Waals surface area contributed by atoms with Crippen molar-refractivity contribution >= 4 is 39.7 Å². The van der Waals surface area contributed by atoms with Crippen molar-refractivity contribution in [3.8, 4) is 5.75 Å². The van der Waals surface area contributed by atoms with Gasteiger partial charge in [-0.1, -0.05) is 48.9 Å². The maximum atomic E-state index is 11.5. The normalized spacial score (nSPS) is 11.6. The number of hydrogen-bond acceptors (Lipinski definition) is 4. The smallest absolute Gasteiger partial charge is 0.336 e. The maximum absolute atomic E-state index is 11.5. The van der Waals surface area contributed by atoms with E-state index in [0.717, 1.165) is 21.7 Å². The highest BCUT2D eigenvalue weighted by atomic mass is 79.9. The highest BCUT2D eigenvalue weighted by molar-refractivity contribution is 9.10. The fraction of sp³-hybridized carbons (Fsp3) is 0.250. The fourth-order valence-corrected chi connectivity index (χ4v) is 3.17. The van der Waals surface area contributed by atoms with Crippen LogP contribution in [0.4, 0.5) is 5.69 Å². The number of halogens is 1. The average Bonchev–Trinajstić information content (AvgIpc) is 2.58. The molecule has 0 fully saturated rings. The van der Waals surface area contributed by atoms with Gasteiger partial charge in [-0.3, -0.25) is 10.1 Å². The van der Waals surface area contributed by atoms with Crippen LogP contribution in [0.2, 0.25) is 0 Å². The van der Waals surface area contributed by atoms with Crippen molar-refractivity contribution < 1.29 is 19.6 Å². The van der Waals surface area contributed by atoms with Crippen LogP contribution in [0.5, 0.6) is 5.75 Å². The van der Waals surface area contributed by atoms with Crippen molar-refractivity contribution in [2.24, 2.45) is 0 Å². The molecule has 0 heterocycles. The lowest BCUT2D eigenvalue weighted by Gasteiger charge is -2.24. The van der Waals surface area contributed by atoms with Gasteiger partial charge in [0.25, 0.3) is 5.69 Å². The minimum Gasteiger partial charge on any atom is -0.496 e. The molecule has 6 nitrogen and oxygen atoms in total. The second-order valence-corrected chi connectivity index (χ2v) is 7.91. The van der Waals surface area contributed by atoms with Crippen LogP contribution in [0.3, 0.4) is 0 Å². The summed E-state index contributed by atoms with van der Waals surface area (Å²) in [5, 5.41) is 20.3. The molecule has 0 radical (unpaired) electrons. The minimum atomic E-state index is -1.23. The number of carbonyl (C=O) groups is 1. The monoisotopic (exact) mass is 433 g/mol. The van der Waals surface area contributed by atoms with E-state index in [-0.39, 0.29) is 16.7 Å². The van der Waals surface area contributed by atoms with Gasteiger partial charge >= 0.3 is 5.97 Å². The number of carboxylic acids is 1. The minimum absolute atomic E-state index is 0.134. The first-order valence-electron chi connectivity index (χ1n) is 8.12. The first kappa shape index (κ1) is 20.6. The van der Waals surface area contributed by atoms with E-state index in [0.29, 0.717) is 11.3 Å². The number of nitro benzene ring substituents is 1. The van der Waals surface area contributed by atoms with Crippen LogP contribution in [-0.4, -0.2) is 23.1 Å². The largest absolute Gasteiger partial charge is 0.496 e. The van der Waals surface area contributed by atoms with Gasteiger partial charge in [-0.2, -0.15) is 0 Å². The second-order valence-electron chi connectivity index (χ2n) is 6.99. The van der Waals surface area contributed by atoms with Crippen molar-refractivity contribution in [1.82, 2.24) is 0 Å². The molecule has 0 saturated carbocycles. The Labute approximate surface area is 165 Å². The lowest BCUT2D eigenvalue weighted by atomic mass is 9.85. The summed E-state index contributed by atoms with van der Waals surface area (Å²) in [6, 6.07) is 7.62. The van der Waals surface area contributed by atoms with Crippen molar-refractivity contribution in [2.75, 3.05) is 7.11 Å². The van der Waals surface area contributed by atoms with E-state index in [1.165, 1.54) is 12.1 Å². The van der Waals surface area contributed by atoms with E-state index in [4.69, 9.17) is 4.74 Å². The Kier molecular flexibility index (Phi) is 6.05. The number of rotatable bonds is 5. The summed E-state index contributed by atoms with van der Waals surface area (Å²) in [6.07, 6.45) is 3.36. The molecule has 142 valence electrons. The van der Waals surface area contributed by atoms with Gasteiger partial charge < -0.3 is 9.84 Å². The number of carboxylic acid groups (broad SMARTS) is 1. The number of benzene rings is 2. The first-order chi connectivity index (χ1) is 12.5. The molecular formula is C20H20BrNO5. The van der Waals surface area contributed by atoms with Gasteiger partial charge in [-0.05, 0) is 29.2 Å². The summed E-state index contributed by atoms with van der Waals surface area (Å²) in [5.74, 6) is -0.532. The number of nitrogens with zero attached hydrogens (tertiary/aromatic N) is 1. The van der Waals surface area contributed by atoms with Crippen LogP contribution in [-0.2, 0) is 5.41 Å². The predicted octanol–water partition coefficient (Wildman–Crippen LogP) is 5.53. The lowest BCUT2D eigenvalue weighted by Crippen LogP contribution is -2.13. The topological polar surface area (TPSA) is 89.7 Å². The summed E-state index contributed by atoms with van der Waals surface area (Å²) >= 11 is 3.50. The Bertz CT molecular complexity index is 929. The van der Waals surface area contributed by atoms with Gasteiger partial charge in [0.2, 0.25) is 0 Å². The molecule has 0 aliphatic heterocycles. The predicted molar refractivity (Wildman–Crippen MR) is 108 cm³/mol. The standard InChI is InChI=1S/C20H20BrNO5/c1-20(2,3)17-10-14(21)9-13(18(17)27-4)6-5-12-7-8-15(22(25)26)11-16(12)19(23)24/h5-11H,1-4H3,(H,23,24)/b6-5+. The van der Waals surface area contributed by atoms with Crippen LogP contribution in [0, 0.1) is 10.1 Å². The van der Waals surface area contributed by atoms with Gasteiger partial charge in [-0.25, -0.2) is 4.79 Å². The average molecular weight is 434 g/mol. The zero-order valence-electron chi connectivity index (χ0n) is 15.4. The maximum Gasteiger partial charge on any atom is 0.336 e. The van der Waals surface area contributed by atoms with E-state index in [1.807, 2.05) is 12.1 Å². The number of hydrogen-bond donors (Lipinski definition) is 1. The molecule has 27 heavy (non-hydrogen) atoms. The van der Waals surface area contributed by atoms with E-state index in [2.05, 4.69) is 36.7 Å². The third-order valence-electron chi connectivity index (χ3n) is 4.02. The third-order valence-corrected chi connectivity index (χ3v) is 4.47. The number of ether oxygens (including phenoxy) is 1. The van der Waals surface area contributed by atoms with E-state index >= 15 is 0 Å². The summed E-state index contributed by atoms with van der Waals surface area (Å²) in [5.41, 5.74) is 1.59. The van der Waals surface area contributed by atoms with Crippen LogP contribution < -0.4 is 4.74 Å². The zero-order chi connectivity index (χ0) is 20.4. The quantitative estimate of drug-likeness (QED) is 0.380. The molecule has 2 aromatic carbocycles. The molecule has 2 rings (SSSR count). The Morgan fingerprint density at radius 1 is 1.19 bits per heavy atom. The van der Waals surface area contributed by atoms with Gasteiger partial charge in [-0.15, -0.1) is 0 Å². The second kappa shape index (κ2) is 7.92. The van der Waals surface area contributed by atoms with Gasteiger partial charge in [0.05, 0.1) is 17.6 Å². The summed E-state index contributed by atoms with van der Waals surface area (Å²) in [4.78, 5) is 21.8. The Morgan fingerprint density at radius 2 is 1.81 bits per heavy atom. The molecule has 0 aliphatic rings. The fourth-order valence-electron chi connectivity index (χ4n) is 2.69. The molecule has 0 atom stereocenters. The van der Waals surface area contributed by atoms with E-state index in [1.54, 1.807) is 19.3 Å². The molecule has 2 aromatic rings. The van der Waals surface area contributed by atoms with Crippen molar-refractivity contribution in [1.29, 1.82) is 0 Å². The lowest BCUT2D eigenvalue weighted by molar-refractivity contribution is -0.384. The Hall–Kier alpha value is -2.67. The molecule has 7 heteroatoms. The molecule has 0 saturated heterocycles. The summed E-state index contributed by atoms with van der Waals surface area (Å²) < 4.78 is 6.47. The third kappa shape index (κ3) is 4.74. The van der Waals surface area contributed by atoms with Gasteiger partial charge in [0.1, 0.15) is 5.75 Å². The molecule has 1 N–H and O–H groups in total. The molecule has 0 unspecified atom stereocenters. The molecule has 0 amide bonds. The number of aromatic carboxylic acids is 1. The first-order valence-corrected chi connectivity index (χ1v) is 8.91. The summed E-state index contributed by atoms with van der Waals surface area (Å²) in [7, 11) is 1.59. The molecule has 0 aromatic heterocycles. The highest BCUT2D eigenvalue weighted by Gasteiger charge is 2.21. The molecule has 0 spiro atoms. The molecule has 0 aliphatic carbocycles. The SMILES string of the molecule is COc1c(/C=C/c2ccc([N+](=O)[O-])cc2C(=O)O)cc(Br)cc1C(C)(C)C. The number of non-ortho nitro benzene ring substituents is 1. The van der Waals surface area contributed by atoms with Crippen LogP contribution in [0.25, 0.3) is 12.2 Å². The van der Waals surface area contributed by atoms with Crippen LogP contribution >= 0.6 is 15.9 Å². The molecular weight excluding hydrogens is 414 g/mol.